The van der Waals surface area contributed by atoms with Crippen LogP contribution < -0.4 is 10.1 Å². The monoisotopic (exact) mass is 301 g/mol. The molecule has 2 aromatic rings. The van der Waals surface area contributed by atoms with Gasteiger partial charge < -0.3 is 15.2 Å². The number of aliphatic hydroxyl groups excluding tert-OH is 1. The third-order valence-corrected chi connectivity index (χ3v) is 4.24. The van der Waals surface area contributed by atoms with Gasteiger partial charge in [-0.05, 0) is 53.8 Å². The lowest BCUT2D eigenvalue weighted by Gasteiger charge is -2.18. The number of ether oxygens (including phenoxy) is 1. The lowest BCUT2D eigenvalue weighted by Crippen LogP contribution is -2.25. The topological polar surface area (TPSA) is 41.5 Å². The Balaban J connectivity index is 1.62. The molecule has 2 N–H and O–H groups in total. The second-order valence-electron chi connectivity index (χ2n) is 5.63. The molecule has 0 aromatic heterocycles. The van der Waals surface area contributed by atoms with E-state index in [9.17, 15) is 9.50 Å². The van der Waals surface area contributed by atoms with E-state index >= 15 is 0 Å². The van der Waals surface area contributed by atoms with E-state index in [0.717, 1.165) is 29.7 Å². The molecule has 0 amide bonds. The zero-order valence-corrected chi connectivity index (χ0v) is 12.6. The largest absolute Gasteiger partial charge is 0.497 e. The fourth-order valence-corrected chi connectivity index (χ4v) is 2.98. The molecule has 1 aliphatic rings. The van der Waals surface area contributed by atoms with Gasteiger partial charge >= 0.3 is 0 Å². The summed E-state index contributed by atoms with van der Waals surface area (Å²) in [7, 11) is 1.61. The van der Waals surface area contributed by atoms with Gasteiger partial charge in [-0.15, -0.1) is 0 Å². The minimum Gasteiger partial charge on any atom is -0.497 e. The Kier molecular flexibility index (Phi) is 4.41. The normalized spacial score (nSPS) is 18.0. The first-order chi connectivity index (χ1) is 10.7. The highest BCUT2D eigenvalue weighted by molar-refractivity contribution is 5.35. The summed E-state index contributed by atoms with van der Waals surface area (Å²) in [6.45, 7) is 0.437. The average Bonchev–Trinajstić information content (AvgIpc) is 2.95. The number of hydrogen-bond donors (Lipinski definition) is 2. The Morgan fingerprint density at radius 1 is 1.27 bits per heavy atom. The van der Waals surface area contributed by atoms with E-state index in [1.807, 2.05) is 30.3 Å². The second-order valence-corrected chi connectivity index (χ2v) is 5.63. The summed E-state index contributed by atoms with van der Waals surface area (Å²) >= 11 is 0. The molecule has 2 aromatic carbocycles. The Labute approximate surface area is 129 Å². The summed E-state index contributed by atoms with van der Waals surface area (Å²) < 4.78 is 18.5. The van der Waals surface area contributed by atoms with Gasteiger partial charge in [0.2, 0.25) is 0 Å². The molecular weight excluding hydrogens is 281 g/mol. The average molecular weight is 301 g/mol. The minimum atomic E-state index is -0.594. The standard InChI is InChI=1S/C18H20FNO2/c1-22-15-7-3-13(4-8-15)18(21)11-20-17-9-5-12-2-6-14(19)10-16(12)17/h2-4,6-8,10,17-18,20-21H,5,9,11H2,1H3. The SMILES string of the molecule is COc1ccc(C(O)CNC2CCc3ccc(F)cc32)cc1. The molecule has 3 rings (SSSR count). The van der Waals surface area contributed by atoms with Crippen LogP contribution in [0.15, 0.2) is 42.5 Å². The van der Waals surface area contributed by atoms with Gasteiger partial charge in [-0.25, -0.2) is 4.39 Å². The summed E-state index contributed by atoms with van der Waals surface area (Å²) in [6.07, 6.45) is 1.29. The number of fused-ring (bicyclic) bond motifs is 1. The van der Waals surface area contributed by atoms with Gasteiger partial charge in [0.1, 0.15) is 11.6 Å². The molecule has 1 aliphatic carbocycles. The van der Waals surface area contributed by atoms with Gasteiger partial charge in [0.15, 0.2) is 0 Å². The third-order valence-electron chi connectivity index (χ3n) is 4.24. The van der Waals surface area contributed by atoms with Crippen LogP contribution in [0, 0.1) is 5.82 Å². The van der Waals surface area contributed by atoms with Crippen molar-refractivity contribution in [1.29, 1.82) is 0 Å². The van der Waals surface area contributed by atoms with Crippen LogP contribution in [0.25, 0.3) is 0 Å². The molecule has 4 heteroatoms. The van der Waals surface area contributed by atoms with Crippen molar-refractivity contribution in [1.82, 2.24) is 5.32 Å². The molecule has 0 fully saturated rings. The highest BCUT2D eigenvalue weighted by atomic mass is 19.1. The molecule has 0 saturated carbocycles. The van der Waals surface area contributed by atoms with Crippen molar-refractivity contribution in [3.63, 3.8) is 0 Å². The number of rotatable bonds is 5. The molecule has 0 heterocycles. The van der Waals surface area contributed by atoms with Crippen LogP contribution in [0.5, 0.6) is 5.75 Å². The lowest BCUT2D eigenvalue weighted by atomic mass is 10.1. The van der Waals surface area contributed by atoms with Crippen LogP contribution >= 0.6 is 0 Å². The number of halogens is 1. The summed E-state index contributed by atoms with van der Waals surface area (Å²) in [5, 5.41) is 13.6. The van der Waals surface area contributed by atoms with Crippen molar-refractivity contribution in [3.8, 4) is 5.75 Å². The first kappa shape index (κ1) is 15.0. The van der Waals surface area contributed by atoms with Crippen LogP contribution in [-0.2, 0) is 6.42 Å². The molecule has 0 bridgehead atoms. The van der Waals surface area contributed by atoms with Crippen molar-refractivity contribution in [2.45, 2.75) is 25.0 Å². The maximum absolute atomic E-state index is 13.4. The van der Waals surface area contributed by atoms with Gasteiger partial charge in [0.25, 0.3) is 0 Å². The van der Waals surface area contributed by atoms with E-state index in [0.29, 0.717) is 6.54 Å². The number of benzene rings is 2. The van der Waals surface area contributed by atoms with E-state index in [1.54, 1.807) is 13.2 Å². The Morgan fingerprint density at radius 2 is 2.05 bits per heavy atom. The second kappa shape index (κ2) is 6.46. The number of aliphatic hydroxyl groups is 1. The fourth-order valence-electron chi connectivity index (χ4n) is 2.98. The molecule has 116 valence electrons. The molecule has 3 nitrogen and oxygen atoms in total. The maximum Gasteiger partial charge on any atom is 0.123 e. The van der Waals surface area contributed by atoms with E-state index < -0.39 is 6.10 Å². The van der Waals surface area contributed by atoms with Gasteiger partial charge in [-0.1, -0.05) is 18.2 Å². The maximum atomic E-state index is 13.4. The number of hydrogen-bond acceptors (Lipinski definition) is 3. The molecule has 0 aliphatic heterocycles. The van der Waals surface area contributed by atoms with E-state index in [4.69, 9.17) is 4.74 Å². The first-order valence-electron chi connectivity index (χ1n) is 7.51. The van der Waals surface area contributed by atoms with Crippen molar-refractivity contribution in [3.05, 3.63) is 65.0 Å². The summed E-state index contributed by atoms with van der Waals surface area (Å²) in [4.78, 5) is 0. The van der Waals surface area contributed by atoms with Crippen molar-refractivity contribution < 1.29 is 14.2 Å². The predicted octanol–water partition coefficient (Wildman–Crippen LogP) is 3.14. The molecule has 2 unspecified atom stereocenters. The number of methoxy groups -OCH3 is 1. The lowest BCUT2D eigenvalue weighted by molar-refractivity contribution is 0.169. The van der Waals surface area contributed by atoms with E-state index in [-0.39, 0.29) is 11.9 Å². The van der Waals surface area contributed by atoms with Crippen LogP contribution in [0.2, 0.25) is 0 Å². The minimum absolute atomic E-state index is 0.110. The first-order valence-corrected chi connectivity index (χ1v) is 7.51. The highest BCUT2D eigenvalue weighted by Gasteiger charge is 2.23. The Hall–Kier alpha value is -1.91. The van der Waals surface area contributed by atoms with Gasteiger partial charge in [-0.2, -0.15) is 0 Å². The summed E-state index contributed by atoms with van der Waals surface area (Å²) in [6, 6.07) is 12.4. The predicted molar refractivity (Wildman–Crippen MR) is 83.4 cm³/mol. The fraction of sp³-hybridized carbons (Fsp3) is 0.333. The Bertz CT molecular complexity index is 642. The number of aryl methyl sites for hydroxylation is 1. The molecule has 2 atom stereocenters. The van der Waals surface area contributed by atoms with Crippen LogP contribution in [-0.4, -0.2) is 18.8 Å². The summed E-state index contributed by atoms with van der Waals surface area (Å²) in [5.41, 5.74) is 3.05. The van der Waals surface area contributed by atoms with E-state index in [1.165, 1.54) is 11.6 Å². The smallest absolute Gasteiger partial charge is 0.123 e. The zero-order valence-electron chi connectivity index (χ0n) is 12.6. The molecule has 0 spiro atoms. The van der Waals surface area contributed by atoms with Crippen LogP contribution in [0.3, 0.4) is 0 Å². The van der Waals surface area contributed by atoms with Crippen molar-refractivity contribution >= 4 is 0 Å². The Morgan fingerprint density at radius 3 is 2.77 bits per heavy atom. The zero-order chi connectivity index (χ0) is 15.5. The highest BCUT2D eigenvalue weighted by Crippen LogP contribution is 2.32. The van der Waals surface area contributed by atoms with Gasteiger partial charge in [0, 0.05) is 12.6 Å². The molecular formula is C18H20FNO2. The third kappa shape index (κ3) is 3.13. The van der Waals surface area contributed by atoms with Crippen molar-refractivity contribution in [2.24, 2.45) is 0 Å². The van der Waals surface area contributed by atoms with Crippen LogP contribution in [0.4, 0.5) is 4.39 Å². The quantitative estimate of drug-likeness (QED) is 0.891. The van der Waals surface area contributed by atoms with Crippen molar-refractivity contribution in [2.75, 3.05) is 13.7 Å². The molecule has 22 heavy (non-hydrogen) atoms. The van der Waals surface area contributed by atoms with Crippen LogP contribution in [0.1, 0.15) is 35.3 Å². The van der Waals surface area contributed by atoms with E-state index in [2.05, 4.69) is 5.32 Å². The van der Waals surface area contributed by atoms with Gasteiger partial charge in [0.05, 0.1) is 13.2 Å². The molecule has 0 radical (unpaired) electrons. The summed E-state index contributed by atoms with van der Waals surface area (Å²) in [5.74, 6) is 0.562. The molecule has 0 saturated heterocycles. The number of nitrogens with one attached hydrogen (secondary N) is 1. The van der Waals surface area contributed by atoms with Gasteiger partial charge in [-0.3, -0.25) is 0 Å².